The predicted molar refractivity (Wildman–Crippen MR) is 142 cm³/mol. The maximum absolute atomic E-state index is 10.6. The van der Waals surface area contributed by atoms with Crippen LogP contribution in [0.2, 0.25) is 0 Å². The quantitative estimate of drug-likeness (QED) is 0.406. The van der Waals surface area contributed by atoms with Crippen LogP contribution in [0.5, 0.6) is 5.75 Å². The number of benzene rings is 1. The molecule has 2 N–H and O–H groups in total. The summed E-state index contributed by atoms with van der Waals surface area (Å²) >= 11 is 0. The Kier molecular flexibility index (Phi) is 10.9. The highest BCUT2D eigenvalue weighted by atomic mass is 19.4. The number of methoxy groups -OCH3 is 1. The molecule has 0 radical (unpaired) electrons. The summed E-state index contributed by atoms with van der Waals surface area (Å²) in [6.45, 7) is 4.86. The highest BCUT2D eigenvalue weighted by molar-refractivity contribution is 5.73. The monoisotopic (exact) mass is 632 g/mol. The lowest BCUT2D eigenvalue weighted by atomic mass is 9.84. The van der Waals surface area contributed by atoms with Crippen molar-refractivity contribution in [3.8, 4) is 17.1 Å². The van der Waals surface area contributed by atoms with Gasteiger partial charge in [-0.05, 0) is 56.3 Å². The number of rotatable bonds is 4. The van der Waals surface area contributed by atoms with Gasteiger partial charge in [-0.1, -0.05) is 6.07 Å². The van der Waals surface area contributed by atoms with Crippen LogP contribution in [0.4, 0.5) is 26.3 Å². The van der Waals surface area contributed by atoms with Gasteiger partial charge in [0.1, 0.15) is 11.6 Å². The summed E-state index contributed by atoms with van der Waals surface area (Å²) < 4.78 is 71.2. The Bertz CT molecular complexity index is 1370. The number of alkyl halides is 6. The van der Waals surface area contributed by atoms with E-state index in [0.717, 1.165) is 74.2 Å². The molecule has 0 aliphatic carbocycles. The molecule has 3 aromatic rings. The number of nitrogens with zero attached hydrogens (tertiary/aromatic N) is 6. The van der Waals surface area contributed by atoms with Gasteiger partial charge in [0.15, 0.2) is 5.82 Å². The van der Waals surface area contributed by atoms with Crippen molar-refractivity contribution in [2.45, 2.75) is 43.8 Å². The van der Waals surface area contributed by atoms with Gasteiger partial charge >= 0.3 is 24.3 Å². The highest BCUT2D eigenvalue weighted by Gasteiger charge is 2.43. The number of aliphatic carboxylic acids is 2. The molecule has 5 rings (SSSR count). The molecule has 0 saturated carbocycles. The number of hydrogen-bond donors (Lipinski definition) is 2. The number of pyridine rings is 1. The van der Waals surface area contributed by atoms with E-state index in [-0.39, 0.29) is 5.54 Å². The fraction of sp³-hybridized carbons (Fsp3) is 0.444. The van der Waals surface area contributed by atoms with Crippen LogP contribution >= 0.6 is 0 Å². The van der Waals surface area contributed by atoms with Gasteiger partial charge in [0, 0.05) is 37.9 Å². The summed E-state index contributed by atoms with van der Waals surface area (Å²) in [6.07, 6.45) is -6.13. The van der Waals surface area contributed by atoms with Crippen LogP contribution in [0.1, 0.15) is 24.4 Å². The van der Waals surface area contributed by atoms with Gasteiger partial charge in [-0.3, -0.25) is 14.8 Å². The number of ether oxygens (including phenoxy) is 1. The summed E-state index contributed by atoms with van der Waals surface area (Å²) in [5, 5.41) is 23.4. The predicted octanol–water partition coefficient (Wildman–Crippen LogP) is 4.05. The largest absolute Gasteiger partial charge is 0.497 e. The second-order valence-electron chi connectivity index (χ2n) is 10.1. The minimum Gasteiger partial charge on any atom is -0.497 e. The van der Waals surface area contributed by atoms with E-state index in [0.29, 0.717) is 0 Å². The van der Waals surface area contributed by atoms with E-state index in [2.05, 4.69) is 60.9 Å². The molecule has 2 aliphatic heterocycles. The van der Waals surface area contributed by atoms with Crippen molar-refractivity contribution in [1.82, 2.24) is 29.5 Å². The van der Waals surface area contributed by atoms with Gasteiger partial charge in [-0.15, -0.1) is 10.2 Å². The maximum Gasteiger partial charge on any atom is 0.490 e. The van der Waals surface area contributed by atoms with Crippen molar-refractivity contribution in [2.24, 2.45) is 0 Å². The van der Waals surface area contributed by atoms with E-state index >= 15 is 0 Å². The average Bonchev–Trinajstić information content (AvgIpc) is 3.39. The SMILES string of the molecule is COc1ccc(-c2nnc3n2C2(CCN(Cc4ccccn4)CC2)CN(C)C3)cc1.O=C(O)C(F)(F)F.O=C(O)C(F)(F)F. The molecule has 17 heteroatoms. The van der Waals surface area contributed by atoms with Crippen LogP contribution in [0.25, 0.3) is 11.4 Å². The third-order valence-electron chi connectivity index (χ3n) is 6.91. The first-order chi connectivity index (χ1) is 20.6. The lowest BCUT2D eigenvalue weighted by Crippen LogP contribution is -2.55. The molecule has 0 amide bonds. The number of piperidine rings is 1. The lowest BCUT2D eigenvalue weighted by Gasteiger charge is -2.48. The number of likely N-dealkylation sites (tertiary alicyclic amines) is 1. The molecule has 1 spiro atoms. The zero-order chi connectivity index (χ0) is 32.7. The number of aromatic nitrogens is 4. The highest BCUT2D eigenvalue weighted by Crippen LogP contribution is 2.39. The van der Waals surface area contributed by atoms with Crippen LogP contribution in [0.15, 0.2) is 48.7 Å². The zero-order valence-electron chi connectivity index (χ0n) is 23.6. The van der Waals surface area contributed by atoms with Gasteiger partial charge in [0.2, 0.25) is 0 Å². The molecule has 1 fully saturated rings. The summed E-state index contributed by atoms with van der Waals surface area (Å²) in [5.74, 6) is -2.62. The van der Waals surface area contributed by atoms with E-state index in [9.17, 15) is 26.3 Å². The Hall–Kier alpha value is -4.25. The number of likely N-dealkylation sites (N-methyl/N-ethyl adjacent to an activating group) is 1. The van der Waals surface area contributed by atoms with Gasteiger partial charge in [-0.25, -0.2) is 9.59 Å². The van der Waals surface area contributed by atoms with E-state index in [1.54, 1.807) is 7.11 Å². The minimum absolute atomic E-state index is 0.0295. The molecule has 4 heterocycles. The van der Waals surface area contributed by atoms with Gasteiger partial charge < -0.3 is 19.5 Å². The molecule has 0 bridgehead atoms. The van der Waals surface area contributed by atoms with Gasteiger partial charge in [-0.2, -0.15) is 26.3 Å². The van der Waals surface area contributed by atoms with Crippen LogP contribution < -0.4 is 4.74 Å². The fourth-order valence-corrected chi connectivity index (χ4v) is 4.94. The van der Waals surface area contributed by atoms with Crippen molar-refractivity contribution < 1.29 is 50.9 Å². The van der Waals surface area contributed by atoms with Crippen molar-refractivity contribution in [1.29, 1.82) is 0 Å². The van der Waals surface area contributed by atoms with Crippen molar-refractivity contribution >= 4 is 11.9 Å². The molecule has 0 unspecified atom stereocenters. The van der Waals surface area contributed by atoms with E-state index in [1.165, 1.54) is 0 Å². The number of halogens is 6. The lowest BCUT2D eigenvalue weighted by molar-refractivity contribution is -0.193. The Balaban J connectivity index is 0.000000317. The first-order valence-electron chi connectivity index (χ1n) is 13.1. The number of fused-ring (bicyclic) bond motifs is 2. The van der Waals surface area contributed by atoms with E-state index in [4.69, 9.17) is 24.5 Å². The Labute approximate surface area is 247 Å². The topological polar surface area (TPSA) is 134 Å². The fourth-order valence-electron chi connectivity index (χ4n) is 4.94. The summed E-state index contributed by atoms with van der Waals surface area (Å²) in [6, 6.07) is 14.3. The van der Waals surface area contributed by atoms with Crippen molar-refractivity contribution in [3.05, 3.63) is 60.2 Å². The number of carboxylic acid groups (broad SMARTS) is 2. The van der Waals surface area contributed by atoms with Crippen molar-refractivity contribution in [2.75, 3.05) is 33.8 Å². The second kappa shape index (κ2) is 14.0. The molecular weight excluding hydrogens is 602 g/mol. The number of carbonyl (C=O) groups is 2. The maximum atomic E-state index is 10.6. The second-order valence-corrected chi connectivity index (χ2v) is 10.1. The van der Waals surface area contributed by atoms with Gasteiger partial charge in [0.05, 0.1) is 24.9 Å². The van der Waals surface area contributed by atoms with Crippen LogP contribution in [0.3, 0.4) is 0 Å². The van der Waals surface area contributed by atoms with Crippen LogP contribution in [0, 0.1) is 0 Å². The average molecular weight is 633 g/mol. The third kappa shape index (κ3) is 8.89. The Morgan fingerprint density at radius 2 is 1.50 bits per heavy atom. The van der Waals surface area contributed by atoms with Gasteiger partial charge in [0.25, 0.3) is 0 Å². The number of hydrogen-bond acceptors (Lipinski definition) is 8. The normalized spacial score (nSPS) is 16.5. The number of carboxylic acids is 2. The van der Waals surface area contributed by atoms with Crippen LogP contribution in [-0.2, 0) is 28.2 Å². The minimum atomic E-state index is -5.08. The van der Waals surface area contributed by atoms with E-state index in [1.807, 2.05) is 24.4 Å². The summed E-state index contributed by atoms with van der Waals surface area (Å²) in [7, 11) is 3.88. The summed E-state index contributed by atoms with van der Waals surface area (Å²) in [5.41, 5.74) is 2.26. The first kappa shape index (κ1) is 34.2. The van der Waals surface area contributed by atoms with Crippen LogP contribution in [-0.4, -0.2) is 97.8 Å². The standard InChI is InChI=1S/C23H28N6O.2C2HF3O2/c1-27-16-21-25-26-22(18-6-8-20(30-2)9-7-18)29(21)23(17-27)10-13-28(14-11-23)15-19-5-3-4-12-24-19;2*3-2(4,5)1(6)7/h3-9,12H,10-11,13-17H2,1-2H3;2*(H,6,7). The molecule has 240 valence electrons. The van der Waals surface area contributed by atoms with E-state index < -0.39 is 24.3 Å². The molecule has 0 atom stereocenters. The zero-order valence-corrected chi connectivity index (χ0v) is 23.6. The summed E-state index contributed by atoms with van der Waals surface area (Å²) in [4.78, 5) is 27.2. The molecular formula is C27H30F6N6O5. The Morgan fingerprint density at radius 3 is 1.98 bits per heavy atom. The molecule has 2 aliphatic rings. The first-order valence-corrected chi connectivity index (χ1v) is 13.1. The molecule has 2 aromatic heterocycles. The van der Waals surface area contributed by atoms with Crippen molar-refractivity contribution in [3.63, 3.8) is 0 Å². The molecule has 44 heavy (non-hydrogen) atoms. The molecule has 11 nitrogen and oxygen atoms in total. The smallest absolute Gasteiger partial charge is 0.490 e. The molecule has 1 saturated heterocycles. The molecule has 1 aromatic carbocycles. The Morgan fingerprint density at radius 1 is 0.932 bits per heavy atom. The third-order valence-corrected chi connectivity index (χ3v) is 6.91.